The SMILES string of the molecule is CC(C)C(N)Cn1c(=O)ccc2ccccc21. The summed E-state index contributed by atoms with van der Waals surface area (Å²) in [4.78, 5) is 11.9. The van der Waals surface area contributed by atoms with Crippen LogP contribution in [0.4, 0.5) is 0 Å². The van der Waals surface area contributed by atoms with Gasteiger partial charge in [-0.05, 0) is 23.4 Å². The molecular formula is C14H18N2O. The van der Waals surface area contributed by atoms with Crippen molar-refractivity contribution in [3.8, 4) is 0 Å². The Balaban J connectivity index is 2.52. The number of fused-ring (bicyclic) bond motifs is 1. The maximum absolute atomic E-state index is 11.9. The first kappa shape index (κ1) is 11.9. The predicted octanol–water partition coefficient (Wildman–Crippen LogP) is 1.98. The van der Waals surface area contributed by atoms with E-state index in [0.29, 0.717) is 12.5 Å². The van der Waals surface area contributed by atoms with Crippen LogP contribution in [0.1, 0.15) is 13.8 Å². The summed E-state index contributed by atoms with van der Waals surface area (Å²) in [5, 5.41) is 1.07. The van der Waals surface area contributed by atoms with E-state index in [1.807, 2.05) is 30.3 Å². The fourth-order valence-corrected chi connectivity index (χ4v) is 1.85. The third-order valence-electron chi connectivity index (χ3n) is 3.15. The highest BCUT2D eigenvalue weighted by atomic mass is 16.1. The molecule has 90 valence electrons. The van der Waals surface area contributed by atoms with Crippen LogP contribution < -0.4 is 11.3 Å². The van der Waals surface area contributed by atoms with E-state index in [2.05, 4.69) is 13.8 Å². The van der Waals surface area contributed by atoms with Crippen molar-refractivity contribution in [3.63, 3.8) is 0 Å². The number of para-hydroxylation sites is 1. The van der Waals surface area contributed by atoms with Gasteiger partial charge in [-0.1, -0.05) is 32.0 Å². The van der Waals surface area contributed by atoms with Crippen LogP contribution in [0.5, 0.6) is 0 Å². The molecule has 0 aliphatic carbocycles. The summed E-state index contributed by atoms with van der Waals surface area (Å²) in [7, 11) is 0. The standard InChI is InChI=1S/C14H18N2O/c1-10(2)12(15)9-16-13-6-4-3-5-11(13)7-8-14(16)17/h3-8,10,12H,9,15H2,1-2H3. The summed E-state index contributed by atoms with van der Waals surface area (Å²) in [5.41, 5.74) is 7.02. The zero-order chi connectivity index (χ0) is 12.4. The normalized spacial score (nSPS) is 13.2. The molecule has 1 heterocycles. The van der Waals surface area contributed by atoms with Gasteiger partial charge in [0.2, 0.25) is 0 Å². The molecule has 1 aromatic heterocycles. The van der Waals surface area contributed by atoms with Crippen molar-refractivity contribution in [3.05, 3.63) is 46.8 Å². The highest BCUT2D eigenvalue weighted by Gasteiger charge is 2.11. The van der Waals surface area contributed by atoms with Crippen molar-refractivity contribution < 1.29 is 0 Å². The lowest BCUT2D eigenvalue weighted by atomic mass is 10.1. The Morgan fingerprint density at radius 2 is 1.88 bits per heavy atom. The van der Waals surface area contributed by atoms with Gasteiger partial charge in [0.05, 0.1) is 5.52 Å². The van der Waals surface area contributed by atoms with E-state index in [-0.39, 0.29) is 11.6 Å². The summed E-state index contributed by atoms with van der Waals surface area (Å²) in [6, 6.07) is 11.3. The van der Waals surface area contributed by atoms with Crippen molar-refractivity contribution in [1.82, 2.24) is 4.57 Å². The van der Waals surface area contributed by atoms with E-state index in [4.69, 9.17) is 5.73 Å². The van der Waals surface area contributed by atoms with E-state index < -0.39 is 0 Å². The molecular weight excluding hydrogens is 212 g/mol. The molecule has 0 bridgehead atoms. The van der Waals surface area contributed by atoms with Gasteiger partial charge in [-0.25, -0.2) is 0 Å². The summed E-state index contributed by atoms with van der Waals surface area (Å²) < 4.78 is 1.76. The molecule has 0 aliphatic rings. The summed E-state index contributed by atoms with van der Waals surface area (Å²) in [5.74, 6) is 0.362. The molecule has 1 atom stereocenters. The second-order valence-corrected chi connectivity index (χ2v) is 4.75. The fourth-order valence-electron chi connectivity index (χ4n) is 1.85. The van der Waals surface area contributed by atoms with Gasteiger partial charge < -0.3 is 10.3 Å². The lowest BCUT2D eigenvalue weighted by molar-refractivity contribution is 0.434. The van der Waals surface area contributed by atoms with Gasteiger partial charge >= 0.3 is 0 Å². The molecule has 1 unspecified atom stereocenters. The van der Waals surface area contributed by atoms with Crippen molar-refractivity contribution in [1.29, 1.82) is 0 Å². The van der Waals surface area contributed by atoms with Crippen LogP contribution >= 0.6 is 0 Å². The molecule has 17 heavy (non-hydrogen) atoms. The lowest BCUT2D eigenvalue weighted by Gasteiger charge is -2.18. The Labute approximate surface area is 101 Å². The van der Waals surface area contributed by atoms with Crippen molar-refractivity contribution in [2.75, 3.05) is 0 Å². The van der Waals surface area contributed by atoms with Crippen LogP contribution in [0.25, 0.3) is 10.9 Å². The Morgan fingerprint density at radius 3 is 2.59 bits per heavy atom. The topological polar surface area (TPSA) is 48.0 Å². The van der Waals surface area contributed by atoms with Crippen LogP contribution in [0.3, 0.4) is 0 Å². The Bertz CT molecular complexity index is 572. The average Bonchev–Trinajstić information content (AvgIpc) is 2.32. The van der Waals surface area contributed by atoms with Gasteiger partial charge in [0.25, 0.3) is 5.56 Å². The molecule has 3 nitrogen and oxygen atoms in total. The van der Waals surface area contributed by atoms with Crippen molar-refractivity contribution >= 4 is 10.9 Å². The Hall–Kier alpha value is -1.61. The molecule has 0 amide bonds. The van der Waals surface area contributed by atoms with E-state index in [0.717, 1.165) is 10.9 Å². The van der Waals surface area contributed by atoms with Crippen molar-refractivity contribution in [2.24, 2.45) is 11.7 Å². The number of benzene rings is 1. The van der Waals surface area contributed by atoms with Crippen LogP contribution in [0, 0.1) is 5.92 Å². The van der Waals surface area contributed by atoms with Crippen LogP contribution in [-0.4, -0.2) is 10.6 Å². The minimum absolute atomic E-state index is 0.00138. The quantitative estimate of drug-likeness (QED) is 0.876. The number of nitrogens with two attached hydrogens (primary N) is 1. The molecule has 0 radical (unpaired) electrons. The molecule has 0 spiro atoms. The Morgan fingerprint density at radius 1 is 1.18 bits per heavy atom. The second kappa shape index (κ2) is 4.72. The van der Waals surface area contributed by atoms with E-state index in [9.17, 15) is 4.79 Å². The number of aromatic nitrogens is 1. The first-order valence-electron chi connectivity index (χ1n) is 5.94. The lowest BCUT2D eigenvalue weighted by Crippen LogP contribution is -2.35. The third kappa shape index (κ3) is 2.39. The largest absolute Gasteiger partial charge is 0.326 e. The minimum Gasteiger partial charge on any atom is -0.326 e. The average molecular weight is 230 g/mol. The van der Waals surface area contributed by atoms with Gasteiger partial charge in [0.1, 0.15) is 0 Å². The smallest absolute Gasteiger partial charge is 0.251 e. The zero-order valence-electron chi connectivity index (χ0n) is 10.3. The van der Waals surface area contributed by atoms with E-state index in [1.54, 1.807) is 10.6 Å². The number of pyridine rings is 1. The molecule has 2 N–H and O–H groups in total. The van der Waals surface area contributed by atoms with E-state index in [1.165, 1.54) is 0 Å². The number of nitrogens with zero attached hydrogens (tertiary/aromatic N) is 1. The Kier molecular flexibility index (Phi) is 3.29. The monoisotopic (exact) mass is 230 g/mol. The maximum Gasteiger partial charge on any atom is 0.251 e. The summed E-state index contributed by atoms with van der Waals surface area (Å²) in [6.07, 6.45) is 0. The van der Waals surface area contributed by atoms with Gasteiger partial charge in [0, 0.05) is 18.7 Å². The number of hydrogen-bond acceptors (Lipinski definition) is 2. The summed E-state index contributed by atoms with van der Waals surface area (Å²) >= 11 is 0. The van der Waals surface area contributed by atoms with Crippen LogP contribution in [0.15, 0.2) is 41.2 Å². The first-order chi connectivity index (χ1) is 8.09. The second-order valence-electron chi connectivity index (χ2n) is 4.75. The molecule has 0 saturated carbocycles. The number of rotatable bonds is 3. The molecule has 3 heteroatoms. The predicted molar refractivity (Wildman–Crippen MR) is 71.0 cm³/mol. The van der Waals surface area contributed by atoms with Gasteiger partial charge in [0.15, 0.2) is 0 Å². The van der Waals surface area contributed by atoms with E-state index >= 15 is 0 Å². The molecule has 0 aliphatic heterocycles. The maximum atomic E-state index is 11.9. The van der Waals surface area contributed by atoms with Gasteiger partial charge in [-0.3, -0.25) is 4.79 Å². The van der Waals surface area contributed by atoms with Crippen LogP contribution in [0.2, 0.25) is 0 Å². The van der Waals surface area contributed by atoms with Gasteiger partial charge in [-0.2, -0.15) is 0 Å². The molecule has 0 saturated heterocycles. The molecule has 2 aromatic rings. The van der Waals surface area contributed by atoms with Crippen LogP contribution in [-0.2, 0) is 6.54 Å². The molecule has 2 rings (SSSR count). The summed E-state index contributed by atoms with van der Waals surface area (Å²) in [6.45, 7) is 4.71. The first-order valence-corrected chi connectivity index (χ1v) is 5.94. The minimum atomic E-state index is -0.00138. The third-order valence-corrected chi connectivity index (χ3v) is 3.15. The molecule has 1 aromatic carbocycles. The van der Waals surface area contributed by atoms with Crippen molar-refractivity contribution in [2.45, 2.75) is 26.4 Å². The van der Waals surface area contributed by atoms with Gasteiger partial charge in [-0.15, -0.1) is 0 Å². The fraction of sp³-hybridized carbons (Fsp3) is 0.357. The molecule has 0 fully saturated rings. The highest BCUT2D eigenvalue weighted by Crippen LogP contribution is 2.12. The highest BCUT2D eigenvalue weighted by molar-refractivity contribution is 5.78. The zero-order valence-corrected chi connectivity index (χ0v) is 10.3. The number of hydrogen-bond donors (Lipinski definition) is 1.